The third-order valence-corrected chi connectivity index (χ3v) is 0.368. The lowest BCUT2D eigenvalue weighted by Gasteiger charge is -1.74. The molecule has 0 saturated heterocycles. The minimum absolute atomic E-state index is 0.558. The lowest BCUT2D eigenvalue weighted by atomic mass is 10.5. The highest BCUT2D eigenvalue weighted by atomic mass is 16.4. The minimum Gasteiger partial charge on any atom is -0.478 e. The molecule has 0 aromatic heterocycles. The van der Waals surface area contributed by atoms with Crippen molar-refractivity contribution in [3.05, 3.63) is 12.2 Å². The number of nitrogens with zero attached hydrogens (tertiary/aromatic N) is 1. The van der Waals surface area contributed by atoms with Crippen molar-refractivity contribution >= 4 is 11.9 Å². The van der Waals surface area contributed by atoms with Crippen LogP contribution in [-0.4, -0.2) is 22.2 Å². The number of carboxylic acid groups (broad SMARTS) is 2. The number of aliphatic carboxylic acids is 2. The average Bonchev–Trinajstić information content (AvgIpc) is 1.85. The summed E-state index contributed by atoms with van der Waals surface area (Å²) in [6.07, 6.45) is 1.12. The number of rotatable bonds is 2. The second kappa shape index (κ2) is 8.17. The Balaban J connectivity index is 0. The molecule has 0 spiro atoms. The molecule has 0 aliphatic heterocycles. The Bertz CT molecular complexity index is 185. The van der Waals surface area contributed by atoms with Crippen molar-refractivity contribution in [1.82, 2.24) is 0 Å². The molecule has 0 rings (SSSR count). The van der Waals surface area contributed by atoms with E-state index in [4.69, 9.17) is 15.5 Å². The molecule has 0 aromatic rings. The van der Waals surface area contributed by atoms with E-state index < -0.39 is 11.9 Å². The maximum atomic E-state index is 9.55. The first-order valence-electron chi connectivity index (χ1n) is 2.49. The molecule has 5 nitrogen and oxygen atoms in total. The zero-order chi connectivity index (χ0) is 9.28. The number of hydrogen-bond acceptors (Lipinski definition) is 3. The number of carbonyl (C=O) groups is 2. The predicted octanol–water partition coefficient (Wildman–Crippen LogP) is 0.242. The van der Waals surface area contributed by atoms with Crippen LogP contribution >= 0.6 is 0 Å². The molecule has 0 fully saturated rings. The summed E-state index contributed by atoms with van der Waals surface area (Å²) in [7, 11) is 0. The third kappa shape index (κ3) is 31.0. The molecular weight excluding hydrogens is 150 g/mol. The molecule has 0 amide bonds. The van der Waals surface area contributed by atoms with Crippen LogP contribution in [-0.2, 0) is 9.59 Å². The van der Waals surface area contributed by atoms with Crippen LogP contribution in [0.5, 0.6) is 0 Å². The Labute approximate surface area is 63.2 Å². The van der Waals surface area contributed by atoms with Crippen LogP contribution in [0.1, 0.15) is 6.92 Å². The molecular formula is C6H7NO4. The summed E-state index contributed by atoms with van der Waals surface area (Å²) in [5, 5.41) is 22.9. The van der Waals surface area contributed by atoms with E-state index in [9.17, 15) is 9.59 Å². The van der Waals surface area contributed by atoms with Gasteiger partial charge in [-0.05, 0) is 0 Å². The lowest BCUT2D eigenvalue weighted by Crippen LogP contribution is -1.91. The van der Waals surface area contributed by atoms with Crippen molar-refractivity contribution in [3.8, 4) is 6.07 Å². The molecule has 0 saturated carbocycles. The Kier molecular flexibility index (Phi) is 8.84. The van der Waals surface area contributed by atoms with Crippen molar-refractivity contribution < 1.29 is 19.8 Å². The van der Waals surface area contributed by atoms with Gasteiger partial charge in [0.15, 0.2) is 0 Å². The Hall–Kier alpha value is -1.83. The molecule has 0 aliphatic carbocycles. The molecule has 0 aliphatic rings. The Morgan fingerprint density at radius 3 is 1.55 bits per heavy atom. The predicted molar refractivity (Wildman–Crippen MR) is 35.7 cm³/mol. The zero-order valence-corrected chi connectivity index (χ0v) is 5.81. The number of hydrogen-bond donors (Lipinski definition) is 2. The van der Waals surface area contributed by atoms with Gasteiger partial charge in [0.2, 0.25) is 0 Å². The SMILES string of the molecule is CC#N.O=C(O)/C=C/C(=O)O. The minimum atomic E-state index is -1.26. The maximum absolute atomic E-state index is 9.55. The van der Waals surface area contributed by atoms with E-state index in [2.05, 4.69) is 0 Å². The summed E-state index contributed by atoms with van der Waals surface area (Å²) in [5.74, 6) is -2.51. The first kappa shape index (κ1) is 11.9. The van der Waals surface area contributed by atoms with E-state index in [1.807, 2.05) is 0 Å². The van der Waals surface area contributed by atoms with Gasteiger partial charge in [-0.25, -0.2) is 9.59 Å². The largest absolute Gasteiger partial charge is 0.478 e. The fourth-order valence-corrected chi connectivity index (χ4v) is 0.143. The van der Waals surface area contributed by atoms with Crippen molar-refractivity contribution in [1.29, 1.82) is 5.26 Å². The fraction of sp³-hybridized carbons (Fsp3) is 0.167. The smallest absolute Gasteiger partial charge is 0.328 e. The Morgan fingerprint density at radius 1 is 1.27 bits per heavy atom. The summed E-state index contributed by atoms with van der Waals surface area (Å²) < 4.78 is 0. The number of nitriles is 1. The van der Waals surface area contributed by atoms with Gasteiger partial charge in [0.1, 0.15) is 0 Å². The van der Waals surface area contributed by atoms with Crippen LogP contribution in [0.3, 0.4) is 0 Å². The van der Waals surface area contributed by atoms with Gasteiger partial charge in [-0.3, -0.25) is 0 Å². The first-order chi connectivity index (χ1) is 5.04. The molecule has 5 heteroatoms. The van der Waals surface area contributed by atoms with Crippen LogP contribution in [0.2, 0.25) is 0 Å². The van der Waals surface area contributed by atoms with Gasteiger partial charge < -0.3 is 10.2 Å². The first-order valence-corrected chi connectivity index (χ1v) is 2.49. The number of carboxylic acids is 2. The van der Waals surface area contributed by atoms with Crippen LogP contribution in [0.4, 0.5) is 0 Å². The Morgan fingerprint density at radius 2 is 1.45 bits per heavy atom. The van der Waals surface area contributed by atoms with Crippen LogP contribution in [0.25, 0.3) is 0 Å². The fourth-order valence-electron chi connectivity index (χ4n) is 0.143. The summed E-state index contributed by atoms with van der Waals surface area (Å²) in [6.45, 7) is 1.43. The van der Waals surface area contributed by atoms with Crippen LogP contribution in [0, 0.1) is 11.3 Å². The summed E-state index contributed by atoms with van der Waals surface area (Å²) in [6, 6.07) is 1.75. The second-order valence-electron chi connectivity index (χ2n) is 1.23. The van der Waals surface area contributed by atoms with E-state index in [0.29, 0.717) is 12.2 Å². The third-order valence-electron chi connectivity index (χ3n) is 0.368. The standard InChI is InChI=1S/C4H4O4.C2H3N/c5-3(6)1-2-4(7)8;1-2-3/h1-2H,(H,5,6)(H,7,8);1H3/b2-1+;. The summed E-state index contributed by atoms with van der Waals surface area (Å²) >= 11 is 0. The van der Waals surface area contributed by atoms with E-state index >= 15 is 0 Å². The van der Waals surface area contributed by atoms with E-state index in [0.717, 1.165) is 0 Å². The van der Waals surface area contributed by atoms with Crippen LogP contribution in [0.15, 0.2) is 12.2 Å². The van der Waals surface area contributed by atoms with Gasteiger partial charge in [0.25, 0.3) is 0 Å². The lowest BCUT2D eigenvalue weighted by molar-refractivity contribution is -0.134. The van der Waals surface area contributed by atoms with Gasteiger partial charge in [0, 0.05) is 19.1 Å². The van der Waals surface area contributed by atoms with Crippen molar-refractivity contribution in [2.45, 2.75) is 6.92 Å². The molecule has 0 atom stereocenters. The summed E-state index contributed by atoms with van der Waals surface area (Å²) in [5.41, 5.74) is 0. The average molecular weight is 157 g/mol. The van der Waals surface area contributed by atoms with Crippen molar-refractivity contribution in [3.63, 3.8) is 0 Å². The van der Waals surface area contributed by atoms with E-state index in [1.165, 1.54) is 6.92 Å². The topological polar surface area (TPSA) is 98.4 Å². The molecule has 0 unspecified atom stereocenters. The van der Waals surface area contributed by atoms with Crippen LogP contribution < -0.4 is 0 Å². The molecule has 0 radical (unpaired) electrons. The molecule has 0 aromatic carbocycles. The highest BCUT2D eigenvalue weighted by Crippen LogP contribution is 1.70. The molecule has 0 heterocycles. The molecule has 11 heavy (non-hydrogen) atoms. The molecule has 2 N–H and O–H groups in total. The van der Waals surface area contributed by atoms with E-state index in [-0.39, 0.29) is 0 Å². The second-order valence-corrected chi connectivity index (χ2v) is 1.23. The van der Waals surface area contributed by atoms with Gasteiger partial charge in [-0.2, -0.15) is 5.26 Å². The monoisotopic (exact) mass is 157 g/mol. The quantitative estimate of drug-likeness (QED) is 0.559. The highest BCUT2D eigenvalue weighted by molar-refractivity contribution is 5.89. The van der Waals surface area contributed by atoms with Gasteiger partial charge in [-0.15, -0.1) is 0 Å². The summed E-state index contributed by atoms with van der Waals surface area (Å²) in [4.78, 5) is 19.1. The van der Waals surface area contributed by atoms with Gasteiger partial charge in [-0.1, -0.05) is 0 Å². The molecule has 60 valence electrons. The normalized spacial score (nSPS) is 7.64. The highest BCUT2D eigenvalue weighted by Gasteiger charge is 1.88. The van der Waals surface area contributed by atoms with Crippen molar-refractivity contribution in [2.24, 2.45) is 0 Å². The zero-order valence-electron chi connectivity index (χ0n) is 5.81. The van der Waals surface area contributed by atoms with E-state index in [1.54, 1.807) is 6.07 Å². The molecule has 0 bridgehead atoms. The maximum Gasteiger partial charge on any atom is 0.328 e. The van der Waals surface area contributed by atoms with Gasteiger partial charge in [0.05, 0.1) is 6.07 Å². The van der Waals surface area contributed by atoms with Crippen molar-refractivity contribution in [2.75, 3.05) is 0 Å². The van der Waals surface area contributed by atoms with Gasteiger partial charge >= 0.3 is 11.9 Å².